The van der Waals surface area contributed by atoms with Crippen molar-refractivity contribution in [1.29, 1.82) is 0 Å². The molecule has 1 aromatic carbocycles. The van der Waals surface area contributed by atoms with Crippen LogP contribution in [0.25, 0.3) is 0 Å². The fourth-order valence-electron chi connectivity index (χ4n) is 1.95. The topological polar surface area (TPSA) is 78.4 Å². The Bertz CT molecular complexity index is 815. The summed E-state index contributed by atoms with van der Waals surface area (Å²) in [6.45, 7) is 4.49. The Hall–Kier alpha value is -1.89. The molecule has 0 aliphatic carbocycles. The lowest BCUT2D eigenvalue weighted by Crippen LogP contribution is -2.37. The van der Waals surface area contributed by atoms with Crippen LogP contribution in [0, 0.1) is 24.4 Å². The molecule has 0 saturated carbocycles. The molecule has 3 N–H and O–H groups in total. The van der Waals surface area contributed by atoms with Crippen LogP contribution in [-0.2, 0) is 11.3 Å². The molecule has 0 bridgehead atoms. The van der Waals surface area contributed by atoms with Crippen molar-refractivity contribution in [3.05, 3.63) is 45.7 Å². The number of halogens is 4. The zero-order valence-electron chi connectivity index (χ0n) is 14.6. The van der Waals surface area contributed by atoms with E-state index in [1.807, 2.05) is 13.8 Å². The second-order valence-electron chi connectivity index (χ2n) is 5.18. The van der Waals surface area contributed by atoms with Crippen LogP contribution >= 0.6 is 35.3 Å². The summed E-state index contributed by atoms with van der Waals surface area (Å²) in [6, 6.07) is 1.68. The van der Waals surface area contributed by atoms with Crippen molar-refractivity contribution in [2.75, 3.05) is 18.4 Å². The predicted octanol–water partition coefficient (Wildman–Crippen LogP) is 3.18. The molecule has 0 aliphatic heterocycles. The summed E-state index contributed by atoms with van der Waals surface area (Å²) in [5.41, 5.74) is -0.444. The van der Waals surface area contributed by atoms with Gasteiger partial charge in [-0.3, -0.25) is 4.79 Å². The summed E-state index contributed by atoms with van der Waals surface area (Å²) >= 11 is 1.53. The largest absolute Gasteiger partial charge is 0.357 e. The zero-order valence-corrected chi connectivity index (χ0v) is 17.8. The van der Waals surface area contributed by atoms with Crippen molar-refractivity contribution >= 4 is 52.9 Å². The molecule has 27 heavy (non-hydrogen) atoms. The molecule has 0 aliphatic rings. The van der Waals surface area contributed by atoms with Crippen LogP contribution in [0.4, 0.5) is 18.9 Å². The van der Waals surface area contributed by atoms with E-state index in [4.69, 9.17) is 0 Å². The van der Waals surface area contributed by atoms with E-state index < -0.39 is 29.0 Å². The van der Waals surface area contributed by atoms with Crippen LogP contribution in [-0.4, -0.2) is 29.9 Å². The van der Waals surface area contributed by atoms with E-state index >= 15 is 0 Å². The van der Waals surface area contributed by atoms with Crippen molar-refractivity contribution in [2.24, 2.45) is 4.99 Å². The number of benzene rings is 1. The lowest BCUT2D eigenvalue weighted by atomic mass is 10.3. The average molecular weight is 513 g/mol. The van der Waals surface area contributed by atoms with Gasteiger partial charge in [-0.1, -0.05) is 0 Å². The lowest BCUT2D eigenvalue weighted by molar-refractivity contribution is -0.114. The van der Waals surface area contributed by atoms with Crippen molar-refractivity contribution in [2.45, 2.75) is 20.4 Å². The van der Waals surface area contributed by atoms with Crippen LogP contribution in [0.3, 0.4) is 0 Å². The van der Waals surface area contributed by atoms with E-state index in [0.29, 0.717) is 19.0 Å². The van der Waals surface area contributed by atoms with Crippen molar-refractivity contribution < 1.29 is 18.0 Å². The number of aryl methyl sites for hydroxylation is 1. The molecule has 0 spiro atoms. The molecule has 2 aromatic rings. The van der Waals surface area contributed by atoms with Crippen LogP contribution in [0.5, 0.6) is 0 Å². The quantitative estimate of drug-likeness (QED) is 0.240. The third-order valence-corrected chi connectivity index (χ3v) is 4.02. The van der Waals surface area contributed by atoms with Crippen molar-refractivity contribution in [3.63, 3.8) is 0 Å². The number of amides is 1. The minimum Gasteiger partial charge on any atom is -0.357 e. The maximum Gasteiger partial charge on any atom is 0.246 e. The highest BCUT2D eigenvalue weighted by molar-refractivity contribution is 14.0. The van der Waals surface area contributed by atoms with E-state index in [-0.39, 0.29) is 30.5 Å². The average Bonchev–Trinajstić information content (AvgIpc) is 3.03. The molecule has 1 aromatic heterocycles. The van der Waals surface area contributed by atoms with Crippen molar-refractivity contribution in [1.82, 2.24) is 15.6 Å². The molecule has 1 heterocycles. The number of carbonyl (C=O) groups is 1. The Balaban J connectivity index is 0.00000364. The molecular weight excluding hydrogens is 494 g/mol. The summed E-state index contributed by atoms with van der Waals surface area (Å²) in [6.07, 6.45) is 1.76. The number of nitrogens with zero attached hydrogens (tertiary/aromatic N) is 2. The molecule has 11 heteroatoms. The van der Waals surface area contributed by atoms with Gasteiger partial charge in [0.25, 0.3) is 0 Å². The SMILES string of the molecule is CCNC(=NCC(=O)Nc1ccc(F)c(F)c1F)NCc1ncc(C)s1.I. The third-order valence-electron chi connectivity index (χ3n) is 3.11. The van der Waals surface area contributed by atoms with Gasteiger partial charge in [0, 0.05) is 17.6 Å². The standard InChI is InChI=1S/C16H18F3N5OS.HI/c1-3-20-16(23-8-13-21-6-9(2)26-13)22-7-12(25)24-11-5-4-10(17)14(18)15(11)19;/h4-6H,3,7-8H2,1-2H3,(H,24,25)(H2,20,22,23);1H. The van der Waals surface area contributed by atoms with Gasteiger partial charge in [-0.05, 0) is 26.0 Å². The van der Waals surface area contributed by atoms with Crippen LogP contribution in [0.2, 0.25) is 0 Å². The van der Waals surface area contributed by atoms with E-state index in [0.717, 1.165) is 22.0 Å². The first-order valence-corrected chi connectivity index (χ1v) is 8.59. The van der Waals surface area contributed by atoms with Gasteiger partial charge < -0.3 is 16.0 Å². The number of thiazole rings is 1. The highest BCUT2D eigenvalue weighted by Gasteiger charge is 2.15. The molecular formula is C16H19F3IN5OS. The fraction of sp³-hybridized carbons (Fsp3) is 0.312. The molecule has 2 rings (SSSR count). The van der Waals surface area contributed by atoms with Crippen LogP contribution in [0.1, 0.15) is 16.8 Å². The highest BCUT2D eigenvalue weighted by Crippen LogP contribution is 2.19. The first-order valence-electron chi connectivity index (χ1n) is 7.77. The van der Waals surface area contributed by atoms with Gasteiger partial charge in [-0.15, -0.1) is 35.3 Å². The number of anilines is 1. The zero-order chi connectivity index (χ0) is 19.1. The van der Waals surface area contributed by atoms with Gasteiger partial charge >= 0.3 is 0 Å². The van der Waals surface area contributed by atoms with Gasteiger partial charge in [0.05, 0.1) is 12.2 Å². The maximum absolute atomic E-state index is 13.6. The molecule has 0 atom stereocenters. The number of nitrogens with one attached hydrogen (secondary N) is 3. The summed E-state index contributed by atoms with van der Waals surface area (Å²) in [4.78, 5) is 21.2. The first kappa shape index (κ1) is 23.1. The summed E-state index contributed by atoms with van der Waals surface area (Å²) in [5, 5.41) is 9.00. The van der Waals surface area contributed by atoms with Gasteiger partial charge in [-0.25, -0.2) is 23.1 Å². The Morgan fingerprint density at radius 2 is 1.96 bits per heavy atom. The Labute approximate surface area is 175 Å². The Kier molecular flexibility index (Phi) is 9.49. The third kappa shape index (κ3) is 6.97. The number of hydrogen-bond donors (Lipinski definition) is 3. The summed E-state index contributed by atoms with van der Waals surface area (Å²) in [7, 11) is 0. The second-order valence-corrected chi connectivity index (χ2v) is 6.50. The molecule has 0 fully saturated rings. The van der Waals surface area contributed by atoms with Crippen LogP contribution in [0.15, 0.2) is 23.3 Å². The molecule has 1 amide bonds. The highest BCUT2D eigenvalue weighted by atomic mass is 127. The van der Waals surface area contributed by atoms with E-state index in [1.54, 1.807) is 6.20 Å². The van der Waals surface area contributed by atoms with E-state index in [1.165, 1.54) is 11.3 Å². The number of aromatic nitrogens is 1. The number of guanidine groups is 1. The summed E-state index contributed by atoms with van der Waals surface area (Å²) < 4.78 is 39.6. The van der Waals surface area contributed by atoms with E-state index in [9.17, 15) is 18.0 Å². The number of hydrogen-bond acceptors (Lipinski definition) is 4. The van der Waals surface area contributed by atoms with Gasteiger partial charge in [0.15, 0.2) is 23.4 Å². The minimum atomic E-state index is -1.64. The normalized spacial score (nSPS) is 10.9. The minimum absolute atomic E-state index is 0. The monoisotopic (exact) mass is 513 g/mol. The summed E-state index contributed by atoms with van der Waals surface area (Å²) in [5.74, 6) is -4.71. The molecule has 6 nitrogen and oxygen atoms in total. The number of rotatable bonds is 6. The van der Waals surface area contributed by atoms with Gasteiger partial charge in [0.1, 0.15) is 11.6 Å². The smallest absolute Gasteiger partial charge is 0.246 e. The molecule has 0 saturated heterocycles. The Morgan fingerprint density at radius 1 is 1.22 bits per heavy atom. The van der Waals surface area contributed by atoms with Gasteiger partial charge in [-0.2, -0.15) is 0 Å². The fourth-order valence-corrected chi connectivity index (χ4v) is 2.67. The molecule has 0 unspecified atom stereocenters. The van der Waals surface area contributed by atoms with E-state index in [2.05, 4.69) is 25.9 Å². The lowest BCUT2D eigenvalue weighted by Gasteiger charge is -2.10. The molecule has 0 radical (unpaired) electrons. The number of carbonyl (C=O) groups excluding carboxylic acids is 1. The number of aliphatic imine (C=N–C) groups is 1. The van der Waals surface area contributed by atoms with Crippen LogP contribution < -0.4 is 16.0 Å². The molecule has 148 valence electrons. The predicted molar refractivity (Wildman–Crippen MR) is 110 cm³/mol. The maximum atomic E-state index is 13.6. The van der Waals surface area contributed by atoms with Crippen molar-refractivity contribution in [3.8, 4) is 0 Å². The Morgan fingerprint density at radius 3 is 2.59 bits per heavy atom. The first-order chi connectivity index (χ1) is 12.4. The second kappa shape index (κ2) is 11.1. The van der Waals surface area contributed by atoms with Gasteiger partial charge in [0.2, 0.25) is 5.91 Å².